The third-order valence-corrected chi connectivity index (χ3v) is 2.67. The molecule has 0 atom stereocenters. The minimum atomic E-state index is -4.27. The van der Waals surface area contributed by atoms with Crippen LogP contribution in [-0.2, 0) is 10.1 Å². The molecule has 0 saturated carbocycles. The number of benzene rings is 1. The molecule has 1 rings (SSSR count). The summed E-state index contributed by atoms with van der Waals surface area (Å²) in [6.45, 7) is 0. The van der Waals surface area contributed by atoms with Gasteiger partial charge in [0.05, 0.1) is 4.90 Å². The Morgan fingerprint density at radius 3 is 1.92 bits per heavy atom. The van der Waals surface area contributed by atoms with Gasteiger partial charge in [0, 0.05) is 3.57 Å². The van der Waals surface area contributed by atoms with Crippen molar-refractivity contribution in [3.8, 4) is 0 Å². The van der Waals surface area contributed by atoms with Crippen molar-refractivity contribution in [3.05, 3.63) is 27.8 Å². The Hall–Kier alpha value is 1.91. The van der Waals surface area contributed by atoms with E-state index in [9.17, 15) is 13.0 Å². The van der Waals surface area contributed by atoms with Crippen LogP contribution in [0.1, 0.15) is 0 Å². The monoisotopic (exact) mass is 416 g/mol. The van der Waals surface area contributed by atoms with Gasteiger partial charge in [0.1, 0.15) is 10.1 Å². The van der Waals surface area contributed by atoms with Gasteiger partial charge >= 0.3 is 68.9 Å². The Balaban J connectivity index is 0.00000121. The number of hydrogen-bond acceptors (Lipinski definition) is 3. The van der Waals surface area contributed by atoms with Crippen LogP contribution in [-0.4, -0.2) is 13.0 Å². The molecule has 1 aromatic rings. The van der Waals surface area contributed by atoms with Crippen molar-refractivity contribution >= 4 is 32.7 Å². The van der Waals surface area contributed by atoms with Crippen LogP contribution in [0.2, 0.25) is 0 Å². The maximum atomic E-state index is 10.4. The Morgan fingerprint density at radius 1 is 1.17 bits per heavy atom. The van der Waals surface area contributed by atoms with Crippen LogP contribution in [0.3, 0.4) is 0 Å². The van der Waals surface area contributed by atoms with Gasteiger partial charge in [-0.3, -0.25) is 0 Å². The van der Waals surface area contributed by atoms with Gasteiger partial charge in [-0.25, -0.2) is 8.42 Å². The fourth-order valence-electron chi connectivity index (χ4n) is 0.601. The molecular formula is C6H4CsIO3S. The molecule has 0 bridgehead atoms. The molecule has 0 aromatic heterocycles. The van der Waals surface area contributed by atoms with Gasteiger partial charge in [-0.2, -0.15) is 0 Å². The molecule has 0 aliphatic rings. The Labute approximate surface area is 144 Å². The molecule has 0 aliphatic carbocycles. The maximum absolute atomic E-state index is 10.4. The zero-order chi connectivity index (χ0) is 8.48. The largest absolute Gasteiger partial charge is 1.00 e. The molecule has 0 unspecified atom stereocenters. The summed E-state index contributed by atoms with van der Waals surface area (Å²) in [6, 6.07) is 5.74. The van der Waals surface area contributed by atoms with Crippen molar-refractivity contribution in [1.29, 1.82) is 0 Å². The first kappa shape index (κ1) is 13.9. The molecule has 0 heterocycles. The number of halogens is 1. The van der Waals surface area contributed by atoms with E-state index in [2.05, 4.69) is 0 Å². The molecule has 0 radical (unpaired) electrons. The molecule has 1 aromatic carbocycles. The van der Waals surface area contributed by atoms with E-state index in [1.54, 1.807) is 12.1 Å². The second-order valence-corrected chi connectivity index (χ2v) is 4.53. The van der Waals surface area contributed by atoms with Crippen LogP contribution in [0.15, 0.2) is 29.2 Å². The summed E-state index contributed by atoms with van der Waals surface area (Å²) < 4.78 is 32.1. The molecular weight excluding hydrogens is 412 g/mol. The zero-order valence-corrected chi connectivity index (χ0v) is 15.6. The molecule has 60 valence electrons. The summed E-state index contributed by atoms with van der Waals surface area (Å²) >= 11 is 2.03. The van der Waals surface area contributed by atoms with Crippen LogP contribution in [0.25, 0.3) is 0 Å². The topological polar surface area (TPSA) is 57.2 Å². The molecule has 0 aliphatic heterocycles. The van der Waals surface area contributed by atoms with Gasteiger partial charge in [-0.1, -0.05) is 0 Å². The second kappa shape index (κ2) is 5.71. The van der Waals surface area contributed by atoms with Gasteiger partial charge in [0.25, 0.3) is 0 Å². The maximum Gasteiger partial charge on any atom is 1.00 e. The van der Waals surface area contributed by atoms with Crippen molar-refractivity contribution in [2.45, 2.75) is 4.90 Å². The van der Waals surface area contributed by atoms with Crippen LogP contribution in [0, 0.1) is 3.57 Å². The average molecular weight is 416 g/mol. The van der Waals surface area contributed by atoms with Crippen molar-refractivity contribution in [2.75, 3.05) is 0 Å². The van der Waals surface area contributed by atoms with E-state index >= 15 is 0 Å². The van der Waals surface area contributed by atoms with E-state index in [0.717, 1.165) is 3.57 Å². The number of rotatable bonds is 1. The fraction of sp³-hybridized carbons (Fsp3) is 0. The average Bonchev–Trinajstić information content (AvgIpc) is 1.86. The van der Waals surface area contributed by atoms with E-state index in [4.69, 9.17) is 0 Å². The first-order valence-electron chi connectivity index (χ1n) is 2.71. The van der Waals surface area contributed by atoms with Gasteiger partial charge in [0.15, 0.2) is 0 Å². The molecule has 3 nitrogen and oxygen atoms in total. The van der Waals surface area contributed by atoms with E-state index in [1.165, 1.54) is 12.1 Å². The number of hydrogen-bond donors (Lipinski definition) is 0. The van der Waals surface area contributed by atoms with Crippen LogP contribution in [0.4, 0.5) is 0 Å². The van der Waals surface area contributed by atoms with Crippen LogP contribution >= 0.6 is 22.6 Å². The minimum Gasteiger partial charge on any atom is -0.744 e. The summed E-state index contributed by atoms with van der Waals surface area (Å²) in [5.74, 6) is 0. The van der Waals surface area contributed by atoms with E-state index in [0.29, 0.717) is 0 Å². The molecule has 0 saturated heterocycles. The van der Waals surface area contributed by atoms with E-state index < -0.39 is 10.1 Å². The zero-order valence-electron chi connectivity index (χ0n) is 6.32. The molecule has 0 N–H and O–H groups in total. The van der Waals surface area contributed by atoms with Gasteiger partial charge in [0.2, 0.25) is 0 Å². The van der Waals surface area contributed by atoms with Crippen LogP contribution < -0.4 is 68.9 Å². The summed E-state index contributed by atoms with van der Waals surface area (Å²) in [5.41, 5.74) is 0. The van der Waals surface area contributed by atoms with Crippen LogP contribution in [0.5, 0.6) is 0 Å². The van der Waals surface area contributed by atoms with E-state index in [1.807, 2.05) is 22.6 Å². The summed E-state index contributed by atoms with van der Waals surface area (Å²) in [7, 11) is -4.27. The Kier molecular flexibility index (Phi) is 6.62. The smallest absolute Gasteiger partial charge is 0.744 e. The SMILES string of the molecule is O=S(=O)([O-])c1ccc(I)cc1.[Cs+]. The normalized spacial score (nSPS) is 10.5. The Morgan fingerprint density at radius 2 is 1.58 bits per heavy atom. The van der Waals surface area contributed by atoms with Crippen molar-refractivity contribution in [3.63, 3.8) is 0 Å². The second-order valence-electron chi connectivity index (χ2n) is 1.91. The quantitative estimate of drug-likeness (QED) is 0.402. The van der Waals surface area contributed by atoms with E-state index in [-0.39, 0.29) is 73.8 Å². The standard InChI is InChI=1S/C6H5IO3S.Cs/c7-5-1-3-6(4-2-5)11(8,9)10;/h1-4H,(H,8,9,10);/q;+1/p-1. The molecule has 6 heteroatoms. The Bertz CT molecular complexity index is 346. The van der Waals surface area contributed by atoms with Crippen molar-refractivity contribution in [2.24, 2.45) is 0 Å². The third kappa shape index (κ3) is 4.42. The predicted octanol–water partition coefficient (Wildman–Crippen LogP) is -1.80. The van der Waals surface area contributed by atoms with Crippen molar-refractivity contribution in [1.82, 2.24) is 0 Å². The summed E-state index contributed by atoms with van der Waals surface area (Å²) in [4.78, 5) is -0.182. The molecule has 0 amide bonds. The molecule has 12 heavy (non-hydrogen) atoms. The predicted molar refractivity (Wildman–Crippen MR) is 47.1 cm³/mol. The fourth-order valence-corrected chi connectivity index (χ4v) is 1.43. The minimum absolute atomic E-state index is 0. The van der Waals surface area contributed by atoms with Gasteiger partial charge < -0.3 is 4.55 Å². The first-order chi connectivity index (χ1) is 5.00. The molecule has 0 spiro atoms. The third-order valence-electron chi connectivity index (χ3n) is 1.10. The summed E-state index contributed by atoms with van der Waals surface area (Å²) in [5, 5.41) is 0. The molecule has 0 fully saturated rings. The first-order valence-corrected chi connectivity index (χ1v) is 5.20. The summed E-state index contributed by atoms with van der Waals surface area (Å²) in [6.07, 6.45) is 0. The van der Waals surface area contributed by atoms with Gasteiger partial charge in [-0.05, 0) is 46.9 Å². The van der Waals surface area contributed by atoms with Crippen molar-refractivity contribution < 1.29 is 81.9 Å². The van der Waals surface area contributed by atoms with Gasteiger partial charge in [-0.15, -0.1) is 0 Å².